The molecule has 2 aliphatic heterocycles. The summed E-state index contributed by atoms with van der Waals surface area (Å²) in [4.78, 5) is 30.8. The van der Waals surface area contributed by atoms with Gasteiger partial charge in [0.05, 0.1) is 19.3 Å². The minimum Gasteiger partial charge on any atom is -0.378 e. The highest BCUT2D eigenvalue weighted by atomic mass is 16.5. The van der Waals surface area contributed by atoms with E-state index in [1.54, 1.807) is 0 Å². The van der Waals surface area contributed by atoms with Gasteiger partial charge in [-0.2, -0.15) is 0 Å². The van der Waals surface area contributed by atoms with Gasteiger partial charge in [0.1, 0.15) is 5.82 Å². The molecule has 3 aromatic rings. The average molecular weight is 421 g/mol. The van der Waals surface area contributed by atoms with Crippen molar-refractivity contribution in [2.75, 3.05) is 31.6 Å². The largest absolute Gasteiger partial charge is 0.378 e. The Morgan fingerprint density at radius 2 is 1.74 bits per heavy atom. The molecule has 7 heteroatoms. The number of fused-ring (bicyclic) bond motifs is 1. The summed E-state index contributed by atoms with van der Waals surface area (Å²) in [7, 11) is 0. The van der Waals surface area contributed by atoms with Crippen LogP contribution in [0.5, 0.6) is 0 Å². The molecule has 0 bridgehead atoms. The van der Waals surface area contributed by atoms with Gasteiger partial charge in [0, 0.05) is 31.2 Å². The molecule has 0 amide bonds. The summed E-state index contributed by atoms with van der Waals surface area (Å²) in [6, 6.07) is 16.4. The second kappa shape index (κ2) is 8.32. The third kappa shape index (κ3) is 4.03. The van der Waals surface area contributed by atoms with Crippen molar-refractivity contribution in [3.05, 3.63) is 74.9 Å². The van der Waals surface area contributed by atoms with Crippen LogP contribution in [-0.2, 0) is 4.74 Å². The lowest BCUT2D eigenvalue weighted by Crippen LogP contribution is -2.53. The molecule has 0 saturated carbocycles. The van der Waals surface area contributed by atoms with Crippen molar-refractivity contribution in [2.24, 2.45) is 0 Å². The minimum atomic E-state index is -0.342. The van der Waals surface area contributed by atoms with Crippen LogP contribution in [0.15, 0.2) is 58.1 Å². The molecule has 2 fully saturated rings. The van der Waals surface area contributed by atoms with Crippen LogP contribution in [0.2, 0.25) is 0 Å². The highest BCUT2D eigenvalue weighted by Gasteiger charge is 2.31. The van der Waals surface area contributed by atoms with Gasteiger partial charge >= 0.3 is 5.69 Å². The summed E-state index contributed by atoms with van der Waals surface area (Å²) in [5, 5.41) is 5.63. The second-order valence-corrected chi connectivity index (χ2v) is 8.63. The molecule has 0 radical (unpaired) electrons. The van der Waals surface area contributed by atoms with E-state index in [1.165, 1.54) is 16.0 Å². The maximum absolute atomic E-state index is 12.8. The zero-order chi connectivity index (χ0) is 21.4. The lowest BCUT2D eigenvalue weighted by Gasteiger charge is -2.41. The molecular formula is C24H28N4O3. The van der Waals surface area contributed by atoms with E-state index in [-0.39, 0.29) is 23.3 Å². The number of aromatic amines is 1. The lowest BCUT2D eigenvalue weighted by atomic mass is 10.0. The van der Waals surface area contributed by atoms with E-state index in [1.807, 2.05) is 19.1 Å². The Morgan fingerprint density at radius 3 is 2.42 bits per heavy atom. The van der Waals surface area contributed by atoms with Crippen LogP contribution >= 0.6 is 0 Å². The van der Waals surface area contributed by atoms with Crippen LogP contribution in [0.25, 0.3) is 10.8 Å². The molecule has 5 rings (SSSR count). The molecule has 3 heterocycles. The van der Waals surface area contributed by atoms with Gasteiger partial charge in [-0.05, 0) is 42.2 Å². The van der Waals surface area contributed by atoms with E-state index in [2.05, 4.69) is 45.5 Å². The molecule has 2 N–H and O–H groups in total. The van der Waals surface area contributed by atoms with Crippen molar-refractivity contribution >= 4 is 16.6 Å². The van der Waals surface area contributed by atoms with E-state index >= 15 is 0 Å². The number of anilines is 1. The van der Waals surface area contributed by atoms with Gasteiger partial charge in [-0.1, -0.05) is 36.4 Å². The van der Waals surface area contributed by atoms with Crippen LogP contribution in [0, 0.1) is 0 Å². The molecule has 7 nitrogen and oxygen atoms in total. The van der Waals surface area contributed by atoms with Gasteiger partial charge in [-0.15, -0.1) is 0 Å². The van der Waals surface area contributed by atoms with Gasteiger partial charge < -0.3 is 10.1 Å². The fourth-order valence-electron chi connectivity index (χ4n) is 4.67. The quantitative estimate of drug-likeness (QED) is 0.664. The number of likely N-dealkylation sites (tertiary alicyclic amines) is 1. The Balaban J connectivity index is 1.30. The number of nitrogens with zero attached hydrogens (tertiary/aromatic N) is 2. The number of piperidine rings is 1. The van der Waals surface area contributed by atoms with E-state index in [4.69, 9.17) is 4.74 Å². The number of aromatic nitrogens is 2. The Bertz CT molecular complexity index is 1160. The lowest BCUT2D eigenvalue weighted by molar-refractivity contribution is -0.0733. The summed E-state index contributed by atoms with van der Waals surface area (Å²) in [6.45, 7) is 5.39. The van der Waals surface area contributed by atoms with E-state index in [0.717, 1.165) is 50.1 Å². The Hall–Kier alpha value is -2.90. The van der Waals surface area contributed by atoms with Gasteiger partial charge in [0.25, 0.3) is 5.56 Å². The summed E-state index contributed by atoms with van der Waals surface area (Å²) >= 11 is 0. The first-order valence-corrected chi connectivity index (χ1v) is 11.0. The fraction of sp³-hybridized carbons (Fsp3) is 0.417. The molecule has 31 heavy (non-hydrogen) atoms. The molecule has 0 unspecified atom stereocenters. The summed E-state index contributed by atoms with van der Waals surface area (Å²) < 4.78 is 6.67. The SMILES string of the molecule is C[C@H](Nc1cc(=O)n(C2CCN(C3COC3)CC2)c(=O)[nH]1)c1ccc2ccccc2c1. The van der Waals surface area contributed by atoms with Crippen molar-refractivity contribution < 1.29 is 4.74 Å². The maximum atomic E-state index is 12.8. The molecule has 162 valence electrons. The number of nitrogens with one attached hydrogen (secondary N) is 2. The summed E-state index contributed by atoms with van der Waals surface area (Å²) in [6.07, 6.45) is 1.61. The Morgan fingerprint density at radius 1 is 1.00 bits per heavy atom. The zero-order valence-electron chi connectivity index (χ0n) is 17.7. The summed E-state index contributed by atoms with van der Waals surface area (Å²) in [5.41, 5.74) is 0.504. The number of H-pyrrole nitrogens is 1. The third-order valence-corrected chi connectivity index (χ3v) is 6.61. The van der Waals surface area contributed by atoms with Crippen LogP contribution in [0.3, 0.4) is 0 Å². The van der Waals surface area contributed by atoms with Gasteiger partial charge in [-0.25, -0.2) is 4.79 Å². The van der Waals surface area contributed by atoms with Gasteiger partial charge in [-0.3, -0.25) is 19.2 Å². The molecule has 1 aromatic heterocycles. The number of ether oxygens (including phenoxy) is 1. The molecule has 0 spiro atoms. The van der Waals surface area contributed by atoms with Crippen molar-refractivity contribution in [1.82, 2.24) is 14.5 Å². The van der Waals surface area contributed by atoms with E-state index in [0.29, 0.717) is 11.9 Å². The van der Waals surface area contributed by atoms with Crippen LogP contribution < -0.4 is 16.6 Å². The first-order valence-electron chi connectivity index (χ1n) is 11.0. The average Bonchev–Trinajstić information content (AvgIpc) is 2.73. The molecule has 0 aliphatic carbocycles. The predicted molar refractivity (Wildman–Crippen MR) is 122 cm³/mol. The third-order valence-electron chi connectivity index (χ3n) is 6.61. The summed E-state index contributed by atoms with van der Waals surface area (Å²) in [5.74, 6) is 0.455. The molecule has 2 aromatic carbocycles. The first-order chi connectivity index (χ1) is 15.1. The number of hydrogen-bond donors (Lipinski definition) is 2. The smallest absolute Gasteiger partial charge is 0.330 e. The normalized spacial score (nSPS) is 19.3. The maximum Gasteiger partial charge on any atom is 0.330 e. The number of rotatable bonds is 5. The fourth-order valence-corrected chi connectivity index (χ4v) is 4.67. The minimum absolute atomic E-state index is 0.0524. The van der Waals surface area contributed by atoms with Gasteiger partial charge in [0.15, 0.2) is 0 Å². The second-order valence-electron chi connectivity index (χ2n) is 8.63. The monoisotopic (exact) mass is 420 g/mol. The number of benzene rings is 2. The molecular weight excluding hydrogens is 392 g/mol. The zero-order valence-corrected chi connectivity index (χ0v) is 17.7. The van der Waals surface area contributed by atoms with Crippen LogP contribution in [-0.4, -0.2) is 46.8 Å². The number of hydrogen-bond acceptors (Lipinski definition) is 5. The standard InChI is InChI=1S/C24H28N4O3/c1-16(18-7-6-17-4-2-3-5-19(17)12-18)25-22-13-23(29)28(24(30)26-22)20-8-10-27(11-9-20)21-14-31-15-21/h2-7,12-13,16,20-21,25H,8-11,14-15H2,1H3,(H,26,30)/t16-/m0/s1. The Kier molecular flexibility index (Phi) is 5.38. The van der Waals surface area contributed by atoms with Crippen molar-refractivity contribution in [2.45, 2.75) is 37.9 Å². The van der Waals surface area contributed by atoms with Crippen LogP contribution in [0.4, 0.5) is 5.82 Å². The molecule has 1 atom stereocenters. The van der Waals surface area contributed by atoms with Crippen LogP contribution in [0.1, 0.15) is 37.4 Å². The van der Waals surface area contributed by atoms with E-state index < -0.39 is 0 Å². The van der Waals surface area contributed by atoms with Crippen molar-refractivity contribution in [3.63, 3.8) is 0 Å². The van der Waals surface area contributed by atoms with Gasteiger partial charge in [0.2, 0.25) is 0 Å². The molecule has 2 saturated heterocycles. The Labute approximate surface area is 180 Å². The topological polar surface area (TPSA) is 79.4 Å². The molecule has 2 aliphatic rings. The first kappa shape index (κ1) is 20.0. The van der Waals surface area contributed by atoms with E-state index in [9.17, 15) is 9.59 Å². The highest BCUT2D eigenvalue weighted by molar-refractivity contribution is 5.83. The highest BCUT2D eigenvalue weighted by Crippen LogP contribution is 2.25. The predicted octanol–water partition coefficient (Wildman–Crippen LogP) is 2.90. The van der Waals surface area contributed by atoms with Crippen molar-refractivity contribution in [1.29, 1.82) is 0 Å². The van der Waals surface area contributed by atoms with Crippen molar-refractivity contribution in [3.8, 4) is 0 Å².